The minimum atomic E-state index is -0.526. The summed E-state index contributed by atoms with van der Waals surface area (Å²) in [5.74, 6) is -1.45. The van der Waals surface area contributed by atoms with E-state index in [-0.39, 0.29) is 23.8 Å². The Morgan fingerprint density at radius 2 is 1.88 bits per heavy atom. The number of ketones is 1. The Labute approximate surface area is 145 Å². The molecular formula is C19H20F2N2O2. The van der Waals surface area contributed by atoms with Gasteiger partial charge in [0.25, 0.3) is 0 Å². The number of carbonyl (C=O) groups excluding carboxylic acids is 2. The molecule has 132 valence electrons. The second-order valence-corrected chi connectivity index (χ2v) is 5.94. The highest BCUT2D eigenvalue weighted by Crippen LogP contribution is 2.22. The summed E-state index contributed by atoms with van der Waals surface area (Å²) in [6.45, 7) is 3.13. The van der Waals surface area contributed by atoms with Crippen molar-refractivity contribution in [3.63, 3.8) is 0 Å². The third kappa shape index (κ3) is 4.93. The van der Waals surface area contributed by atoms with Crippen molar-refractivity contribution in [3.05, 3.63) is 65.2 Å². The normalized spacial score (nSPS) is 12.1. The topological polar surface area (TPSA) is 49.4 Å². The predicted molar refractivity (Wildman–Crippen MR) is 92.5 cm³/mol. The summed E-state index contributed by atoms with van der Waals surface area (Å²) in [5, 5.41) is 2.70. The number of halogens is 2. The summed E-state index contributed by atoms with van der Waals surface area (Å²) in [4.78, 5) is 25.2. The average Bonchev–Trinajstić information content (AvgIpc) is 2.56. The maximum atomic E-state index is 13.9. The highest BCUT2D eigenvalue weighted by Gasteiger charge is 2.19. The molecule has 0 saturated heterocycles. The van der Waals surface area contributed by atoms with Gasteiger partial charge in [-0.25, -0.2) is 8.78 Å². The van der Waals surface area contributed by atoms with Crippen LogP contribution in [0, 0.1) is 11.6 Å². The summed E-state index contributed by atoms with van der Waals surface area (Å²) in [6.07, 6.45) is 0. The first kappa shape index (κ1) is 18.7. The SMILES string of the molecule is CC(=O)c1cccc(NC(=O)CN(C)C(C)c2cc(F)ccc2F)c1. The lowest BCUT2D eigenvalue weighted by atomic mass is 10.1. The van der Waals surface area contributed by atoms with Gasteiger partial charge in [0.2, 0.25) is 5.91 Å². The number of anilines is 1. The van der Waals surface area contributed by atoms with E-state index in [1.807, 2.05) is 0 Å². The van der Waals surface area contributed by atoms with Gasteiger partial charge < -0.3 is 5.32 Å². The van der Waals surface area contributed by atoms with Crippen LogP contribution in [0.3, 0.4) is 0 Å². The fraction of sp³-hybridized carbons (Fsp3) is 0.263. The van der Waals surface area contributed by atoms with Crippen LogP contribution in [0.15, 0.2) is 42.5 Å². The van der Waals surface area contributed by atoms with Crippen LogP contribution in [0.2, 0.25) is 0 Å². The van der Waals surface area contributed by atoms with E-state index >= 15 is 0 Å². The summed E-state index contributed by atoms with van der Waals surface area (Å²) in [6, 6.07) is 9.40. The Balaban J connectivity index is 2.03. The van der Waals surface area contributed by atoms with E-state index in [1.165, 1.54) is 6.92 Å². The molecule has 0 aromatic heterocycles. The number of amides is 1. The molecule has 0 fully saturated rings. The van der Waals surface area contributed by atoms with Crippen molar-refractivity contribution in [1.82, 2.24) is 4.90 Å². The molecule has 0 heterocycles. The first-order valence-electron chi connectivity index (χ1n) is 7.84. The number of likely N-dealkylation sites (N-methyl/N-ethyl adjacent to an activating group) is 1. The molecule has 0 saturated carbocycles. The van der Waals surface area contributed by atoms with Crippen LogP contribution in [-0.4, -0.2) is 30.2 Å². The number of benzene rings is 2. The number of Topliss-reactive ketones (excluding diaryl/α,β-unsaturated/α-hetero) is 1. The Hall–Kier alpha value is -2.60. The van der Waals surface area contributed by atoms with Gasteiger partial charge in [-0.15, -0.1) is 0 Å². The third-order valence-corrected chi connectivity index (χ3v) is 4.02. The monoisotopic (exact) mass is 346 g/mol. The minimum absolute atomic E-state index is 0.0125. The lowest BCUT2D eigenvalue weighted by Crippen LogP contribution is -2.32. The van der Waals surface area contributed by atoms with Gasteiger partial charge in [0, 0.05) is 22.9 Å². The van der Waals surface area contributed by atoms with Gasteiger partial charge in [-0.3, -0.25) is 14.5 Å². The highest BCUT2D eigenvalue weighted by atomic mass is 19.1. The zero-order chi connectivity index (χ0) is 18.6. The average molecular weight is 346 g/mol. The molecule has 0 aliphatic rings. The van der Waals surface area contributed by atoms with E-state index < -0.39 is 17.7 Å². The molecule has 1 N–H and O–H groups in total. The number of nitrogens with one attached hydrogen (secondary N) is 1. The van der Waals surface area contributed by atoms with E-state index in [0.29, 0.717) is 11.3 Å². The van der Waals surface area contributed by atoms with Gasteiger partial charge >= 0.3 is 0 Å². The third-order valence-electron chi connectivity index (χ3n) is 4.02. The molecule has 6 heteroatoms. The van der Waals surface area contributed by atoms with Crippen LogP contribution in [0.5, 0.6) is 0 Å². The largest absolute Gasteiger partial charge is 0.325 e. The van der Waals surface area contributed by atoms with Crippen LogP contribution in [0.25, 0.3) is 0 Å². The van der Waals surface area contributed by atoms with Gasteiger partial charge in [-0.05, 0) is 51.2 Å². The molecule has 0 spiro atoms. The number of hydrogen-bond acceptors (Lipinski definition) is 3. The van der Waals surface area contributed by atoms with E-state index in [9.17, 15) is 18.4 Å². The summed E-state index contributed by atoms with van der Waals surface area (Å²) in [5.41, 5.74) is 1.20. The highest BCUT2D eigenvalue weighted by molar-refractivity contribution is 5.97. The van der Waals surface area contributed by atoms with Gasteiger partial charge in [-0.1, -0.05) is 12.1 Å². The van der Waals surface area contributed by atoms with Gasteiger partial charge in [0.1, 0.15) is 11.6 Å². The van der Waals surface area contributed by atoms with Crippen LogP contribution in [-0.2, 0) is 4.79 Å². The molecule has 1 amide bonds. The zero-order valence-electron chi connectivity index (χ0n) is 14.3. The Morgan fingerprint density at radius 1 is 1.16 bits per heavy atom. The second-order valence-electron chi connectivity index (χ2n) is 5.94. The number of hydrogen-bond donors (Lipinski definition) is 1. The molecule has 1 atom stereocenters. The smallest absolute Gasteiger partial charge is 0.238 e. The zero-order valence-corrected chi connectivity index (χ0v) is 14.3. The standard InChI is InChI=1S/C19H20F2N2O2/c1-12(17-10-15(20)7-8-18(17)21)23(3)11-19(25)22-16-6-4-5-14(9-16)13(2)24/h4-10,12H,11H2,1-3H3,(H,22,25). The Bertz CT molecular complexity index is 793. The van der Waals surface area contributed by atoms with Crippen LogP contribution < -0.4 is 5.32 Å². The van der Waals surface area contributed by atoms with Crippen LogP contribution in [0.4, 0.5) is 14.5 Å². The predicted octanol–water partition coefficient (Wildman–Crippen LogP) is 3.80. The maximum absolute atomic E-state index is 13.9. The number of carbonyl (C=O) groups is 2. The van der Waals surface area contributed by atoms with Crippen molar-refractivity contribution in [3.8, 4) is 0 Å². The van der Waals surface area contributed by atoms with E-state index in [2.05, 4.69) is 5.32 Å². The second kappa shape index (κ2) is 7.98. The molecule has 0 aliphatic heterocycles. The number of nitrogens with zero attached hydrogens (tertiary/aromatic N) is 1. The molecule has 25 heavy (non-hydrogen) atoms. The van der Waals surface area contributed by atoms with E-state index in [1.54, 1.807) is 43.1 Å². The minimum Gasteiger partial charge on any atom is -0.325 e. The quantitative estimate of drug-likeness (QED) is 0.810. The lowest BCUT2D eigenvalue weighted by Gasteiger charge is -2.25. The Kier molecular flexibility index (Phi) is 5.98. The van der Waals surface area contributed by atoms with E-state index in [0.717, 1.165) is 18.2 Å². The molecule has 2 aromatic carbocycles. The van der Waals surface area contributed by atoms with Crippen molar-refractivity contribution in [1.29, 1.82) is 0 Å². The first-order chi connectivity index (χ1) is 11.8. The molecule has 4 nitrogen and oxygen atoms in total. The van der Waals surface area contributed by atoms with Crippen molar-refractivity contribution >= 4 is 17.4 Å². The summed E-state index contributed by atoms with van der Waals surface area (Å²) < 4.78 is 27.2. The molecule has 2 aromatic rings. The molecule has 0 radical (unpaired) electrons. The summed E-state index contributed by atoms with van der Waals surface area (Å²) in [7, 11) is 1.65. The maximum Gasteiger partial charge on any atom is 0.238 e. The van der Waals surface area contributed by atoms with Crippen molar-refractivity contribution < 1.29 is 18.4 Å². The molecule has 0 bridgehead atoms. The number of rotatable bonds is 6. The van der Waals surface area contributed by atoms with Gasteiger partial charge in [-0.2, -0.15) is 0 Å². The molecule has 0 aliphatic carbocycles. The molecule has 1 unspecified atom stereocenters. The van der Waals surface area contributed by atoms with Gasteiger partial charge in [0.15, 0.2) is 5.78 Å². The van der Waals surface area contributed by atoms with Crippen LogP contribution in [0.1, 0.15) is 35.8 Å². The Morgan fingerprint density at radius 3 is 2.56 bits per heavy atom. The van der Waals surface area contributed by atoms with Crippen molar-refractivity contribution in [2.45, 2.75) is 19.9 Å². The fourth-order valence-corrected chi connectivity index (χ4v) is 2.45. The van der Waals surface area contributed by atoms with Crippen LogP contribution >= 0.6 is 0 Å². The lowest BCUT2D eigenvalue weighted by molar-refractivity contribution is -0.117. The first-order valence-corrected chi connectivity index (χ1v) is 7.84. The molecule has 2 rings (SSSR count). The summed E-state index contributed by atoms with van der Waals surface area (Å²) >= 11 is 0. The fourth-order valence-electron chi connectivity index (χ4n) is 2.45. The van der Waals surface area contributed by atoms with Crippen molar-refractivity contribution in [2.75, 3.05) is 18.9 Å². The molecular weight excluding hydrogens is 326 g/mol. The van der Waals surface area contributed by atoms with E-state index in [4.69, 9.17) is 0 Å². The van der Waals surface area contributed by atoms with Gasteiger partial charge in [0.05, 0.1) is 6.54 Å². The van der Waals surface area contributed by atoms with Crippen molar-refractivity contribution in [2.24, 2.45) is 0 Å².